The van der Waals surface area contributed by atoms with Crippen molar-refractivity contribution in [3.05, 3.63) is 0 Å². The molecule has 1 aliphatic carbocycles. The van der Waals surface area contributed by atoms with E-state index in [2.05, 4.69) is 0 Å². The molecule has 4 aliphatic rings. The first-order chi connectivity index (χ1) is 19.2. The van der Waals surface area contributed by atoms with Gasteiger partial charge in [-0.2, -0.15) is 0 Å². The van der Waals surface area contributed by atoms with E-state index in [9.17, 15) is 30.3 Å². The van der Waals surface area contributed by atoms with Gasteiger partial charge in [0.2, 0.25) is 0 Å². The first kappa shape index (κ1) is 32.2. The Bertz CT molecular complexity index is 799. The van der Waals surface area contributed by atoms with Crippen molar-refractivity contribution >= 4 is 5.78 Å². The zero-order valence-corrected chi connectivity index (χ0v) is 23.7. The molecule has 12 heteroatoms. The van der Waals surface area contributed by atoms with E-state index in [4.69, 9.17) is 28.4 Å². The van der Waals surface area contributed by atoms with Gasteiger partial charge in [0.1, 0.15) is 48.8 Å². The molecule has 4 fully saturated rings. The van der Waals surface area contributed by atoms with E-state index in [1.807, 2.05) is 6.92 Å². The van der Waals surface area contributed by atoms with Crippen LogP contribution in [0.3, 0.4) is 0 Å². The molecule has 0 aromatic rings. The Kier molecular flexibility index (Phi) is 11.7. The molecular formula is C28H48O12. The number of aliphatic hydroxyl groups excluding tert-OH is 5. The van der Waals surface area contributed by atoms with Crippen LogP contribution < -0.4 is 0 Å². The minimum atomic E-state index is -1.45. The molecule has 12 nitrogen and oxygen atoms in total. The molecule has 0 aromatic carbocycles. The van der Waals surface area contributed by atoms with E-state index < -0.39 is 86.3 Å². The summed E-state index contributed by atoms with van der Waals surface area (Å²) in [6, 6.07) is 0. The molecule has 3 heterocycles. The lowest BCUT2D eigenvalue weighted by molar-refractivity contribution is -0.352. The molecule has 0 aromatic heterocycles. The molecule has 4 rings (SSSR count). The highest BCUT2D eigenvalue weighted by Crippen LogP contribution is 2.36. The SMILES string of the molecule is CCC(=O)C1CCCCCOC2C(OC3CCCC(C)C3OC3OC(C)C(O)C(O)C3O)OC(CO)C(O)C2O1. The fourth-order valence-corrected chi connectivity index (χ4v) is 6.19. The Balaban J connectivity index is 1.55. The molecule has 3 aliphatic heterocycles. The third-order valence-electron chi connectivity index (χ3n) is 8.73. The second-order valence-corrected chi connectivity index (χ2v) is 11.7. The summed E-state index contributed by atoms with van der Waals surface area (Å²) in [5, 5.41) is 52.0. The lowest BCUT2D eigenvalue weighted by Gasteiger charge is -2.48. The molecule has 232 valence electrons. The van der Waals surface area contributed by atoms with Crippen molar-refractivity contribution in [2.75, 3.05) is 13.2 Å². The number of carbonyl (C=O) groups excluding carboxylic acids is 1. The quantitative estimate of drug-likeness (QED) is 0.279. The van der Waals surface area contributed by atoms with Gasteiger partial charge in [-0.05, 0) is 38.5 Å². The normalized spacial score (nSPS) is 47.3. The van der Waals surface area contributed by atoms with Crippen molar-refractivity contribution in [3.8, 4) is 0 Å². The van der Waals surface area contributed by atoms with Crippen LogP contribution in [0.25, 0.3) is 0 Å². The molecule has 0 bridgehead atoms. The van der Waals surface area contributed by atoms with Crippen LogP contribution in [0.5, 0.6) is 0 Å². The standard InChI is InChI=1S/C28H48O12/c1-4-16(30)17-10-6-5-7-12-35-26-25(37-17)21(32)19(13-29)39-28(26)38-18-11-8-9-14(2)24(18)40-27-23(34)22(33)20(31)15(3)36-27/h14-15,17-29,31-34H,4-13H2,1-3H3. The second kappa shape index (κ2) is 14.6. The number of ketones is 1. The summed E-state index contributed by atoms with van der Waals surface area (Å²) in [6.07, 6.45) is -7.41. The van der Waals surface area contributed by atoms with E-state index in [1.54, 1.807) is 13.8 Å². The van der Waals surface area contributed by atoms with Gasteiger partial charge in [0.15, 0.2) is 18.4 Å². The first-order valence-electron chi connectivity index (χ1n) is 14.9. The van der Waals surface area contributed by atoms with Crippen LogP contribution in [0, 0.1) is 5.92 Å². The van der Waals surface area contributed by atoms with Gasteiger partial charge in [-0.15, -0.1) is 0 Å². The molecule has 14 atom stereocenters. The molecule has 5 N–H and O–H groups in total. The van der Waals surface area contributed by atoms with Crippen molar-refractivity contribution < 1.29 is 58.7 Å². The van der Waals surface area contributed by atoms with Gasteiger partial charge >= 0.3 is 0 Å². The molecule has 0 amide bonds. The zero-order chi connectivity index (χ0) is 29.0. The number of ether oxygens (including phenoxy) is 6. The Morgan fingerprint density at radius 3 is 2.30 bits per heavy atom. The number of rotatable bonds is 7. The van der Waals surface area contributed by atoms with Crippen molar-refractivity contribution in [2.24, 2.45) is 5.92 Å². The van der Waals surface area contributed by atoms with Crippen LogP contribution in [-0.4, -0.2) is 124 Å². The molecule has 3 saturated heterocycles. The predicted molar refractivity (Wildman–Crippen MR) is 139 cm³/mol. The molecule has 14 unspecified atom stereocenters. The highest BCUT2D eigenvalue weighted by Gasteiger charge is 2.51. The van der Waals surface area contributed by atoms with Gasteiger partial charge < -0.3 is 54.0 Å². The third kappa shape index (κ3) is 7.23. The maximum atomic E-state index is 12.7. The van der Waals surface area contributed by atoms with Gasteiger partial charge in [-0.25, -0.2) is 0 Å². The zero-order valence-electron chi connectivity index (χ0n) is 23.7. The molecule has 40 heavy (non-hydrogen) atoms. The lowest BCUT2D eigenvalue weighted by atomic mass is 9.85. The topological polar surface area (TPSA) is 174 Å². The highest BCUT2D eigenvalue weighted by molar-refractivity contribution is 5.82. The number of Topliss-reactive ketones (excluding diaryl/α,β-unsaturated/α-hetero) is 1. The third-order valence-corrected chi connectivity index (χ3v) is 8.73. The molecule has 0 spiro atoms. The number of fused-ring (bicyclic) bond motifs is 1. The Labute approximate surface area is 235 Å². The summed E-state index contributed by atoms with van der Waals surface area (Å²) < 4.78 is 36.8. The average molecular weight is 577 g/mol. The summed E-state index contributed by atoms with van der Waals surface area (Å²) in [6.45, 7) is 5.27. The second-order valence-electron chi connectivity index (χ2n) is 11.7. The maximum Gasteiger partial charge on any atom is 0.187 e. The number of aliphatic hydroxyl groups is 5. The summed E-state index contributed by atoms with van der Waals surface area (Å²) in [5.74, 6) is -0.0570. The lowest BCUT2D eigenvalue weighted by Crippen LogP contribution is -2.63. The number of hydrogen-bond acceptors (Lipinski definition) is 12. The summed E-state index contributed by atoms with van der Waals surface area (Å²) in [5.41, 5.74) is 0. The van der Waals surface area contributed by atoms with Crippen LogP contribution in [0.1, 0.15) is 72.1 Å². The largest absolute Gasteiger partial charge is 0.394 e. The van der Waals surface area contributed by atoms with Crippen LogP contribution in [0.4, 0.5) is 0 Å². The van der Waals surface area contributed by atoms with Crippen molar-refractivity contribution in [3.63, 3.8) is 0 Å². The smallest absolute Gasteiger partial charge is 0.187 e. The first-order valence-corrected chi connectivity index (χ1v) is 14.9. The van der Waals surface area contributed by atoms with E-state index >= 15 is 0 Å². The fraction of sp³-hybridized carbons (Fsp3) is 0.964. The fourth-order valence-electron chi connectivity index (χ4n) is 6.19. The van der Waals surface area contributed by atoms with Crippen LogP contribution in [0.2, 0.25) is 0 Å². The van der Waals surface area contributed by atoms with Crippen molar-refractivity contribution in [1.29, 1.82) is 0 Å². The van der Waals surface area contributed by atoms with Gasteiger partial charge in [-0.3, -0.25) is 4.79 Å². The molecule has 0 radical (unpaired) electrons. The molecule has 1 saturated carbocycles. The van der Waals surface area contributed by atoms with Gasteiger partial charge in [-0.1, -0.05) is 33.1 Å². The highest BCUT2D eigenvalue weighted by atomic mass is 16.7. The van der Waals surface area contributed by atoms with E-state index in [1.165, 1.54) is 0 Å². The van der Waals surface area contributed by atoms with E-state index in [-0.39, 0.29) is 11.7 Å². The van der Waals surface area contributed by atoms with Crippen LogP contribution >= 0.6 is 0 Å². The Morgan fingerprint density at radius 1 is 0.800 bits per heavy atom. The van der Waals surface area contributed by atoms with Crippen molar-refractivity contribution in [1.82, 2.24) is 0 Å². The maximum absolute atomic E-state index is 12.7. The minimum absolute atomic E-state index is 0.000219. The van der Waals surface area contributed by atoms with Crippen molar-refractivity contribution in [2.45, 2.75) is 152 Å². The number of hydrogen-bond donors (Lipinski definition) is 5. The van der Waals surface area contributed by atoms with Gasteiger partial charge in [0, 0.05) is 13.0 Å². The molecular weight excluding hydrogens is 528 g/mol. The average Bonchev–Trinajstić information content (AvgIpc) is 2.95. The van der Waals surface area contributed by atoms with E-state index in [0.29, 0.717) is 25.9 Å². The van der Waals surface area contributed by atoms with Crippen LogP contribution in [0.15, 0.2) is 0 Å². The Morgan fingerprint density at radius 2 is 1.57 bits per heavy atom. The van der Waals surface area contributed by atoms with Gasteiger partial charge in [0.05, 0.1) is 24.9 Å². The summed E-state index contributed by atoms with van der Waals surface area (Å²) in [7, 11) is 0. The number of carbonyl (C=O) groups is 1. The minimum Gasteiger partial charge on any atom is -0.394 e. The van der Waals surface area contributed by atoms with Crippen LogP contribution in [-0.2, 0) is 33.2 Å². The Hall–Kier alpha value is -0.770. The monoisotopic (exact) mass is 576 g/mol. The van der Waals surface area contributed by atoms with E-state index in [0.717, 1.165) is 32.1 Å². The van der Waals surface area contributed by atoms with Gasteiger partial charge in [0.25, 0.3) is 0 Å². The predicted octanol–water partition coefficient (Wildman–Crippen LogP) is 0.175. The summed E-state index contributed by atoms with van der Waals surface area (Å²) in [4.78, 5) is 12.7. The summed E-state index contributed by atoms with van der Waals surface area (Å²) >= 11 is 0.